The van der Waals surface area contributed by atoms with E-state index in [4.69, 9.17) is 4.99 Å². The number of pyridine rings is 1. The van der Waals surface area contributed by atoms with E-state index in [1.54, 1.807) is 18.3 Å². The monoisotopic (exact) mass is 532 g/mol. The number of nitrogens with zero attached hydrogens (tertiary/aromatic N) is 7. The molecule has 39 heavy (non-hydrogen) atoms. The molecule has 2 aliphatic rings. The van der Waals surface area contributed by atoms with Crippen LogP contribution in [0.2, 0.25) is 0 Å². The molecule has 0 saturated heterocycles. The molecule has 0 aliphatic carbocycles. The lowest BCUT2D eigenvalue weighted by Crippen LogP contribution is -2.32. The van der Waals surface area contributed by atoms with E-state index in [1.807, 2.05) is 24.0 Å². The number of rotatable bonds is 5. The Kier molecular flexibility index (Phi) is 5.78. The third-order valence-corrected chi connectivity index (χ3v) is 6.18. The second-order valence-electron chi connectivity index (χ2n) is 8.75. The number of alkyl halides is 3. The van der Waals surface area contributed by atoms with E-state index in [0.29, 0.717) is 36.5 Å². The molecule has 1 aromatic carbocycles. The van der Waals surface area contributed by atoms with Crippen molar-refractivity contribution >= 4 is 46.8 Å². The van der Waals surface area contributed by atoms with Crippen LogP contribution in [-0.2, 0) is 6.18 Å². The Hall–Kier alpha value is -5.14. The fraction of sp³-hybridized carbons (Fsp3) is 0.160. The summed E-state index contributed by atoms with van der Waals surface area (Å²) in [5, 5.41) is 12.2. The Morgan fingerprint density at radius 3 is 2.77 bits per heavy atom. The average molecular weight is 532 g/mol. The number of H-pyrrole nitrogens is 1. The van der Waals surface area contributed by atoms with E-state index in [9.17, 15) is 18.0 Å². The van der Waals surface area contributed by atoms with Crippen LogP contribution in [0.15, 0.2) is 54.0 Å². The molecule has 0 bridgehead atoms. The lowest BCUT2D eigenvalue weighted by Gasteiger charge is -2.28. The molecule has 6 rings (SSSR count). The van der Waals surface area contributed by atoms with Gasteiger partial charge in [0, 0.05) is 35.8 Å². The maximum atomic E-state index is 13.1. The zero-order chi connectivity index (χ0) is 27.1. The summed E-state index contributed by atoms with van der Waals surface area (Å²) in [6.45, 7) is 3.11. The van der Waals surface area contributed by atoms with Gasteiger partial charge >= 0.3 is 6.18 Å². The second-order valence-corrected chi connectivity index (χ2v) is 8.75. The largest absolute Gasteiger partial charge is 0.416 e. The number of anilines is 4. The predicted octanol–water partition coefficient (Wildman–Crippen LogP) is 4.09. The molecule has 0 saturated carbocycles. The number of aryl methyl sites for hydroxylation is 1. The SMILES string of the molecule is Cc1ccc(NC(=O)c2cc(C(F)(F)F)ccn2)cc1C1=Cc2cnc(Nc3nc[nH]n3)nc2N2CCN=C12. The molecule has 0 spiro atoms. The second kappa shape index (κ2) is 9.31. The number of amides is 1. The number of fused-ring (bicyclic) bond motifs is 3. The molecule has 0 radical (unpaired) electrons. The van der Waals surface area contributed by atoms with Gasteiger partial charge in [0.2, 0.25) is 11.9 Å². The summed E-state index contributed by atoms with van der Waals surface area (Å²) in [5.41, 5.74) is 2.41. The summed E-state index contributed by atoms with van der Waals surface area (Å²) in [7, 11) is 0. The molecule has 2 aliphatic heterocycles. The first kappa shape index (κ1) is 24.2. The number of hydrogen-bond donors (Lipinski definition) is 3. The maximum Gasteiger partial charge on any atom is 0.416 e. The van der Waals surface area contributed by atoms with Crippen molar-refractivity contribution in [1.82, 2.24) is 30.1 Å². The van der Waals surface area contributed by atoms with Crippen LogP contribution in [0.4, 0.5) is 36.6 Å². The Morgan fingerprint density at radius 2 is 1.97 bits per heavy atom. The third kappa shape index (κ3) is 4.67. The molecule has 3 N–H and O–H groups in total. The van der Waals surface area contributed by atoms with Crippen molar-refractivity contribution in [3.05, 3.63) is 77.0 Å². The zero-order valence-electron chi connectivity index (χ0n) is 20.3. The third-order valence-electron chi connectivity index (χ3n) is 6.18. The van der Waals surface area contributed by atoms with Gasteiger partial charge in [0.25, 0.3) is 5.91 Å². The van der Waals surface area contributed by atoms with E-state index in [-0.39, 0.29) is 5.69 Å². The number of hydrogen-bond acceptors (Lipinski definition) is 9. The van der Waals surface area contributed by atoms with Crippen molar-refractivity contribution in [2.24, 2.45) is 4.99 Å². The summed E-state index contributed by atoms with van der Waals surface area (Å²) in [5.74, 6) is 1.32. The summed E-state index contributed by atoms with van der Waals surface area (Å²) < 4.78 is 39.2. The van der Waals surface area contributed by atoms with E-state index in [2.05, 4.69) is 40.8 Å². The highest BCUT2D eigenvalue weighted by molar-refractivity contribution is 6.36. The highest BCUT2D eigenvalue weighted by atomic mass is 19.4. The van der Waals surface area contributed by atoms with Crippen LogP contribution < -0.4 is 15.5 Å². The maximum absolute atomic E-state index is 13.1. The first-order valence-electron chi connectivity index (χ1n) is 11.8. The van der Waals surface area contributed by atoms with Crippen LogP contribution in [0.25, 0.3) is 11.6 Å². The van der Waals surface area contributed by atoms with Gasteiger partial charge in [-0.25, -0.2) is 9.97 Å². The Morgan fingerprint density at radius 1 is 1.10 bits per heavy atom. The Labute approximate surface area is 219 Å². The molecule has 4 aromatic rings. The molecule has 3 aromatic heterocycles. The number of carbonyl (C=O) groups excluding carboxylic acids is 1. The van der Waals surface area contributed by atoms with Crippen LogP contribution in [0.5, 0.6) is 0 Å². The number of aliphatic imine (C=N–C) groups is 1. The van der Waals surface area contributed by atoms with Crippen molar-refractivity contribution < 1.29 is 18.0 Å². The van der Waals surface area contributed by atoms with Gasteiger partial charge in [-0.2, -0.15) is 18.2 Å². The summed E-state index contributed by atoms with van der Waals surface area (Å²) in [6.07, 6.45) is 1.43. The molecule has 0 atom stereocenters. The lowest BCUT2D eigenvalue weighted by molar-refractivity contribution is -0.137. The smallest absolute Gasteiger partial charge is 0.321 e. The van der Waals surface area contributed by atoms with Crippen LogP contribution in [-0.4, -0.2) is 55.0 Å². The van der Waals surface area contributed by atoms with Crippen LogP contribution in [0.3, 0.4) is 0 Å². The quantitative estimate of drug-likeness (QED) is 0.350. The van der Waals surface area contributed by atoms with Crippen molar-refractivity contribution in [3.8, 4) is 0 Å². The molecule has 0 fully saturated rings. The first-order valence-corrected chi connectivity index (χ1v) is 11.8. The minimum atomic E-state index is -4.58. The van der Waals surface area contributed by atoms with Crippen molar-refractivity contribution in [1.29, 1.82) is 0 Å². The van der Waals surface area contributed by atoms with Gasteiger partial charge in [-0.1, -0.05) is 6.07 Å². The zero-order valence-corrected chi connectivity index (χ0v) is 20.3. The van der Waals surface area contributed by atoms with Crippen LogP contribution in [0.1, 0.15) is 32.7 Å². The fourth-order valence-electron chi connectivity index (χ4n) is 4.35. The highest BCUT2D eigenvalue weighted by Crippen LogP contribution is 2.37. The number of halogens is 3. The van der Waals surface area contributed by atoms with Gasteiger partial charge < -0.3 is 10.2 Å². The molecule has 1 amide bonds. The molecule has 11 nitrogen and oxygen atoms in total. The van der Waals surface area contributed by atoms with Gasteiger partial charge in [-0.15, -0.1) is 5.10 Å². The minimum absolute atomic E-state index is 0.334. The van der Waals surface area contributed by atoms with Crippen molar-refractivity contribution in [2.75, 3.05) is 28.6 Å². The fourth-order valence-corrected chi connectivity index (χ4v) is 4.35. The minimum Gasteiger partial charge on any atom is -0.321 e. The van der Waals surface area contributed by atoms with Gasteiger partial charge in [0.1, 0.15) is 23.7 Å². The standard InChI is InChI=1S/C25H19F3N10O/c1-13-2-3-16(34-22(39)19-9-15(4-5-29-19)25(26,27)28)10-17(13)18-8-14-11-31-23(36-24-32-12-33-37-24)35-20(14)38-7-6-30-21(18)38/h2-5,8-12H,6-7H2,1H3,(H,34,39)(H2,31,32,33,35,36,37). The number of nitrogens with one attached hydrogen (secondary N) is 3. The molecular weight excluding hydrogens is 513 g/mol. The highest BCUT2D eigenvalue weighted by Gasteiger charge is 2.32. The summed E-state index contributed by atoms with van der Waals surface area (Å²) >= 11 is 0. The summed E-state index contributed by atoms with van der Waals surface area (Å²) in [6, 6.07) is 6.80. The molecule has 14 heteroatoms. The number of aromatic nitrogens is 6. The number of carbonyl (C=O) groups is 1. The normalized spacial score (nSPS) is 14.3. The van der Waals surface area contributed by atoms with Gasteiger partial charge in [-0.05, 0) is 48.4 Å². The van der Waals surface area contributed by atoms with Gasteiger partial charge in [0.05, 0.1) is 12.1 Å². The van der Waals surface area contributed by atoms with Gasteiger partial charge in [0.15, 0.2) is 0 Å². The molecule has 0 unspecified atom stereocenters. The molecule has 5 heterocycles. The Balaban J connectivity index is 1.31. The van der Waals surface area contributed by atoms with Crippen molar-refractivity contribution in [2.45, 2.75) is 13.1 Å². The van der Waals surface area contributed by atoms with Gasteiger partial charge in [-0.3, -0.25) is 25.2 Å². The number of amidine groups is 1. The predicted molar refractivity (Wildman–Crippen MR) is 138 cm³/mol. The van der Waals surface area contributed by atoms with E-state index in [1.165, 1.54) is 6.33 Å². The van der Waals surface area contributed by atoms with E-state index >= 15 is 0 Å². The lowest BCUT2D eigenvalue weighted by atomic mass is 9.94. The van der Waals surface area contributed by atoms with Crippen LogP contribution in [0, 0.1) is 6.92 Å². The Bertz CT molecular complexity index is 1650. The number of aromatic amines is 1. The average Bonchev–Trinajstić information content (AvgIpc) is 3.62. The van der Waals surface area contributed by atoms with Crippen LogP contribution >= 0.6 is 0 Å². The topological polar surface area (TPSA) is 137 Å². The summed E-state index contributed by atoms with van der Waals surface area (Å²) in [4.78, 5) is 36.3. The van der Waals surface area contributed by atoms with E-state index in [0.717, 1.165) is 46.4 Å². The first-order chi connectivity index (χ1) is 18.8. The number of benzene rings is 1. The molecular formula is C25H19F3N10O. The van der Waals surface area contributed by atoms with E-state index < -0.39 is 17.6 Å². The van der Waals surface area contributed by atoms with Crippen molar-refractivity contribution in [3.63, 3.8) is 0 Å². The molecule has 196 valence electrons.